The maximum absolute atomic E-state index is 13.2. The summed E-state index contributed by atoms with van der Waals surface area (Å²) in [4.78, 5) is 57.8. The van der Waals surface area contributed by atoms with Crippen molar-refractivity contribution in [1.29, 1.82) is 0 Å². The van der Waals surface area contributed by atoms with Crippen molar-refractivity contribution in [2.24, 2.45) is 33.2 Å². The fraction of sp³-hybridized carbons (Fsp3) is 0.261. The van der Waals surface area contributed by atoms with Crippen LogP contribution in [0.1, 0.15) is 53.8 Å². The summed E-state index contributed by atoms with van der Waals surface area (Å²) in [6.07, 6.45) is -8.50. The maximum Gasteiger partial charge on any atom is 0.416 e. The molecule has 2 unspecified atom stereocenters. The van der Waals surface area contributed by atoms with Crippen molar-refractivity contribution in [3.05, 3.63) is 177 Å². The van der Waals surface area contributed by atoms with E-state index in [9.17, 15) is 53.9 Å². The zero-order valence-corrected chi connectivity index (χ0v) is 40.7. The maximum atomic E-state index is 13.2. The number of aryl methyl sites for hydroxylation is 1. The van der Waals surface area contributed by atoms with Gasteiger partial charge in [-0.15, -0.1) is 0 Å². The van der Waals surface area contributed by atoms with E-state index in [2.05, 4.69) is 9.98 Å². The van der Waals surface area contributed by atoms with Crippen LogP contribution in [0.15, 0.2) is 121 Å². The molecule has 2 atom stereocenters. The van der Waals surface area contributed by atoms with Gasteiger partial charge in [0.25, 0.3) is 21.2 Å². The summed E-state index contributed by atoms with van der Waals surface area (Å²) in [5.41, 5.74) is -2.08. The molecule has 4 aromatic carbocycles. The molecule has 0 radical (unpaired) electrons. The number of halogens is 8. The second-order valence-electron chi connectivity index (χ2n) is 15.8. The largest absolute Gasteiger partial charge is 0.443 e. The topological polar surface area (TPSA) is 180 Å². The van der Waals surface area contributed by atoms with Gasteiger partial charge in [0.15, 0.2) is 11.2 Å². The van der Waals surface area contributed by atoms with E-state index in [4.69, 9.17) is 36.9 Å². The molecule has 3 aromatic heterocycles. The van der Waals surface area contributed by atoms with Gasteiger partial charge in [0.2, 0.25) is 5.90 Å². The highest BCUT2D eigenvalue weighted by Crippen LogP contribution is 2.36. The monoisotopic (exact) mass is 1050 g/mol. The molecule has 1 aliphatic rings. The van der Waals surface area contributed by atoms with E-state index < -0.39 is 68.2 Å². The fourth-order valence-electron chi connectivity index (χ4n) is 7.05. The molecular formula is C46H41Cl2F6N7O9S. The Morgan fingerprint density at radius 3 is 1.63 bits per heavy atom. The van der Waals surface area contributed by atoms with E-state index in [1.165, 1.54) is 66.2 Å². The van der Waals surface area contributed by atoms with Gasteiger partial charge in [0.1, 0.15) is 17.3 Å². The van der Waals surface area contributed by atoms with Crippen molar-refractivity contribution in [1.82, 2.24) is 27.8 Å². The first kappa shape index (κ1) is 53.4. The Kier molecular flexibility index (Phi) is 15.6. The summed E-state index contributed by atoms with van der Waals surface area (Å²) in [6.45, 7) is 3.44. The molecule has 0 saturated heterocycles. The molecule has 0 saturated carbocycles. The van der Waals surface area contributed by atoms with Crippen LogP contribution in [0.3, 0.4) is 0 Å². The van der Waals surface area contributed by atoms with Gasteiger partial charge < -0.3 is 9.47 Å². The third kappa shape index (κ3) is 12.3. The number of hydrogen-bond donors (Lipinski definition) is 0. The van der Waals surface area contributed by atoms with E-state index in [0.29, 0.717) is 10.0 Å². The summed E-state index contributed by atoms with van der Waals surface area (Å²) in [6, 6.07) is 21.7. The summed E-state index contributed by atoms with van der Waals surface area (Å²) in [7, 11) is 2.17. The Balaban J connectivity index is 0.000000190. The van der Waals surface area contributed by atoms with Gasteiger partial charge in [-0.2, -0.15) is 44.7 Å². The Bertz CT molecular complexity index is 3530. The lowest BCUT2D eigenvalue weighted by atomic mass is 10.1. The van der Waals surface area contributed by atoms with Crippen molar-refractivity contribution in [2.75, 3.05) is 6.26 Å². The molecule has 71 heavy (non-hydrogen) atoms. The quantitative estimate of drug-likeness (QED) is 0.106. The molecule has 0 bridgehead atoms. The highest BCUT2D eigenvalue weighted by Gasteiger charge is 2.33. The standard InChI is InChI=1S/C22H18ClF3N4O3.C15H12F3N3O3.C9H11ClO3S/c1-12(13-7-9-15(23)10-8-13)30-17-18(28(2)21(32)29(3)19(17)31)27-20(30)33-16-6-4-5-14(11-16)22(24,25)26;1-20-12-10(13(22)21(2)14(20)23)7-11(19-12)24-9-5-3-4-8(6-9)15(16,17)18;1-7(13-14(2,11)12)8-3-5-9(10)6-4-8/h4-12H,1-3H3;3-6H,7H2,1-2H3;3-7H,1-2H3. The molecule has 16 nitrogen and oxygen atoms in total. The molecule has 0 spiro atoms. The lowest BCUT2D eigenvalue weighted by Gasteiger charge is -2.18. The minimum absolute atomic E-state index is 0.00632. The molecule has 1 aliphatic heterocycles. The van der Waals surface area contributed by atoms with Crippen LogP contribution in [0, 0.1) is 0 Å². The Labute approximate surface area is 409 Å². The van der Waals surface area contributed by atoms with Crippen LogP contribution in [-0.2, 0) is 61.3 Å². The van der Waals surface area contributed by atoms with Gasteiger partial charge in [0, 0.05) is 38.2 Å². The van der Waals surface area contributed by atoms with Gasteiger partial charge in [0.05, 0.1) is 41.5 Å². The van der Waals surface area contributed by atoms with Crippen molar-refractivity contribution >= 4 is 56.2 Å². The van der Waals surface area contributed by atoms with Crippen molar-refractivity contribution in [3.63, 3.8) is 0 Å². The first-order chi connectivity index (χ1) is 33.0. The van der Waals surface area contributed by atoms with Crippen LogP contribution in [0.5, 0.6) is 17.5 Å². The number of aromatic nitrogens is 6. The minimum Gasteiger partial charge on any atom is -0.443 e. The van der Waals surface area contributed by atoms with Crippen LogP contribution in [0.4, 0.5) is 32.2 Å². The average Bonchev–Trinajstić information content (AvgIpc) is 3.90. The number of benzene rings is 4. The van der Waals surface area contributed by atoms with Crippen LogP contribution >= 0.6 is 23.2 Å². The summed E-state index contributed by atoms with van der Waals surface area (Å²) in [5.74, 6) is 0.0532. The van der Waals surface area contributed by atoms with Gasteiger partial charge in [-0.25, -0.2) is 9.59 Å². The summed E-state index contributed by atoms with van der Waals surface area (Å²) >= 11 is 11.7. The van der Waals surface area contributed by atoms with Gasteiger partial charge in [-0.1, -0.05) is 59.6 Å². The summed E-state index contributed by atoms with van der Waals surface area (Å²) < 4.78 is 121. The van der Waals surface area contributed by atoms with Crippen LogP contribution < -0.4 is 32.0 Å². The number of rotatable bonds is 8. The molecule has 25 heteroatoms. The molecule has 376 valence electrons. The number of hydrogen-bond acceptors (Lipinski definition) is 11. The summed E-state index contributed by atoms with van der Waals surface area (Å²) in [5, 5.41) is 1.13. The predicted molar refractivity (Wildman–Crippen MR) is 253 cm³/mol. The van der Waals surface area contributed by atoms with Gasteiger partial charge in [-0.05, 0) is 85.6 Å². The first-order valence-electron chi connectivity index (χ1n) is 20.7. The van der Waals surface area contributed by atoms with Gasteiger partial charge >= 0.3 is 29.7 Å². The Morgan fingerprint density at radius 2 is 1.13 bits per heavy atom. The smallest absolute Gasteiger partial charge is 0.416 e. The number of fused-ring (bicyclic) bond motifs is 2. The number of ether oxygens (including phenoxy) is 2. The third-order valence-electron chi connectivity index (χ3n) is 10.7. The Morgan fingerprint density at radius 1 is 0.648 bits per heavy atom. The van der Waals surface area contributed by atoms with Crippen LogP contribution in [0.2, 0.25) is 10.0 Å². The molecule has 0 N–H and O–H groups in total. The van der Waals surface area contributed by atoms with E-state index in [0.717, 1.165) is 50.8 Å². The second kappa shape index (κ2) is 20.8. The molecule has 7 aromatic rings. The highest BCUT2D eigenvalue weighted by atomic mass is 35.5. The zero-order valence-electron chi connectivity index (χ0n) is 38.3. The first-order valence-corrected chi connectivity index (χ1v) is 23.3. The van der Waals surface area contributed by atoms with Crippen LogP contribution in [0.25, 0.3) is 11.2 Å². The third-order valence-corrected chi connectivity index (χ3v) is 11.8. The Hall–Kier alpha value is -6.95. The lowest BCUT2D eigenvalue weighted by Crippen LogP contribution is -2.38. The van der Waals surface area contributed by atoms with E-state index >= 15 is 0 Å². The predicted octanol–water partition coefficient (Wildman–Crippen LogP) is 8.65. The molecule has 0 aliphatic carbocycles. The van der Waals surface area contributed by atoms with Gasteiger partial charge in [-0.3, -0.25) is 36.6 Å². The molecule has 0 fully saturated rings. The van der Waals surface area contributed by atoms with Crippen LogP contribution in [-0.4, -0.2) is 48.4 Å². The normalized spacial score (nSPS) is 13.3. The fourth-order valence-corrected chi connectivity index (χ4v) is 7.94. The lowest BCUT2D eigenvalue weighted by molar-refractivity contribution is -0.138. The SMILES string of the molecule is CC(OS(C)(=O)=O)c1ccc(Cl)cc1.CC(c1ccc(Cl)cc1)n1c(Oc2cccc(C(F)(F)F)c2)nc2c1c(=O)n(C)c(=O)n2C.Cn1c2c(c(=O)n(C)c1=O)CC(Oc1cccc(C(F)(F)F)c1)=N2. The molecule has 0 amide bonds. The van der Waals surface area contributed by atoms with E-state index in [1.54, 1.807) is 62.4 Å². The number of nitrogens with zero attached hydrogens (tertiary/aromatic N) is 7. The van der Waals surface area contributed by atoms with E-state index in [-0.39, 0.29) is 52.4 Å². The number of aliphatic imine (C=N–C) groups is 1. The minimum atomic E-state index is -4.56. The molecular weight excluding hydrogens is 1010 g/mol. The second-order valence-corrected chi connectivity index (χ2v) is 18.3. The number of alkyl halides is 6. The molecule has 8 rings (SSSR count). The highest BCUT2D eigenvalue weighted by molar-refractivity contribution is 7.86. The molecule has 4 heterocycles. The number of imidazole rings is 1. The van der Waals surface area contributed by atoms with Crippen molar-refractivity contribution < 1.29 is 48.4 Å². The zero-order chi connectivity index (χ0) is 52.5. The van der Waals surface area contributed by atoms with Crippen molar-refractivity contribution in [3.8, 4) is 17.5 Å². The van der Waals surface area contributed by atoms with Crippen molar-refractivity contribution in [2.45, 2.75) is 44.8 Å². The average molecular weight is 1050 g/mol. The van der Waals surface area contributed by atoms with E-state index in [1.807, 2.05) is 0 Å².